The van der Waals surface area contributed by atoms with Crippen LogP contribution in [0.2, 0.25) is 0 Å². The molecule has 0 unspecified atom stereocenters. The number of carbonyl (C=O) groups is 1. The number of amides is 1. The van der Waals surface area contributed by atoms with Gasteiger partial charge in [-0.15, -0.1) is 0 Å². The summed E-state index contributed by atoms with van der Waals surface area (Å²) >= 11 is 0. The lowest BCUT2D eigenvalue weighted by Gasteiger charge is -2.55. The molecule has 2 aromatic rings. The van der Waals surface area contributed by atoms with Crippen molar-refractivity contribution >= 4 is 29.4 Å². The number of hydrogen-bond donors (Lipinski definition) is 1. The molecule has 224 valence electrons. The molecule has 42 heavy (non-hydrogen) atoms. The minimum absolute atomic E-state index is 0.0169. The van der Waals surface area contributed by atoms with Gasteiger partial charge in [-0.1, -0.05) is 19.1 Å². The highest BCUT2D eigenvalue weighted by Gasteiger charge is 2.47. The Morgan fingerprint density at radius 2 is 1.81 bits per heavy atom. The summed E-state index contributed by atoms with van der Waals surface area (Å²) in [5.74, 6) is 0.0288. The standard InChI is InChI=1S/C32H38F3N5O2/c1-29(2,3)42-28(41)39-10-8-31(9-11-39)19-40(20-31)24-13-26(32(33,34)35)25(27(37)14-24)18-38-23-7-5-6-22(12-23)30(4)15-21(16-30)17-36/h5-7,12-14,18,21H,8-11,15-16,19-20,37H2,1-4H3. The Balaban J connectivity index is 1.29. The maximum atomic E-state index is 14.2. The molecule has 2 saturated heterocycles. The number of nitriles is 1. The predicted molar refractivity (Wildman–Crippen MR) is 157 cm³/mol. The van der Waals surface area contributed by atoms with E-state index in [-0.39, 0.29) is 34.1 Å². The predicted octanol–water partition coefficient (Wildman–Crippen LogP) is 7.07. The van der Waals surface area contributed by atoms with Gasteiger partial charge in [-0.25, -0.2) is 4.79 Å². The lowest BCUT2D eigenvalue weighted by Crippen LogP contribution is -2.61. The van der Waals surface area contributed by atoms with Crippen LogP contribution in [0.1, 0.15) is 70.1 Å². The molecule has 1 spiro atoms. The summed E-state index contributed by atoms with van der Waals surface area (Å²) < 4.78 is 48.2. The van der Waals surface area contributed by atoms with Crippen molar-refractivity contribution in [1.29, 1.82) is 5.26 Å². The van der Waals surface area contributed by atoms with Gasteiger partial charge in [0.1, 0.15) is 5.60 Å². The molecule has 3 aliphatic rings. The average molecular weight is 582 g/mol. The largest absolute Gasteiger partial charge is 0.444 e. The monoisotopic (exact) mass is 581 g/mol. The number of nitrogens with zero attached hydrogens (tertiary/aromatic N) is 4. The number of halogens is 3. The van der Waals surface area contributed by atoms with E-state index < -0.39 is 17.3 Å². The van der Waals surface area contributed by atoms with Crippen LogP contribution in [0.15, 0.2) is 41.4 Å². The molecule has 10 heteroatoms. The SMILES string of the molecule is CC(C)(C)OC(=O)N1CCC2(CC1)CN(c1cc(N)c(C=Nc3cccc(C4(C)CC(C#N)C4)c3)c(C(F)(F)F)c1)C2. The highest BCUT2D eigenvalue weighted by Crippen LogP contribution is 2.48. The fraction of sp³-hybridized carbons (Fsp3) is 0.531. The van der Waals surface area contributed by atoms with Gasteiger partial charge >= 0.3 is 12.3 Å². The number of nitrogen functional groups attached to an aromatic ring is 1. The van der Waals surface area contributed by atoms with Gasteiger partial charge in [0.05, 0.1) is 17.3 Å². The molecule has 0 aromatic heterocycles. The van der Waals surface area contributed by atoms with Crippen molar-refractivity contribution in [1.82, 2.24) is 4.90 Å². The maximum Gasteiger partial charge on any atom is 0.417 e. The second-order valence-corrected chi connectivity index (χ2v) is 13.4. The van der Waals surface area contributed by atoms with Gasteiger partial charge in [-0.05, 0) is 81.7 Å². The fourth-order valence-corrected chi connectivity index (χ4v) is 6.43. The third kappa shape index (κ3) is 6.06. The Kier molecular flexibility index (Phi) is 7.45. The van der Waals surface area contributed by atoms with Crippen LogP contribution < -0.4 is 10.6 Å². The van der Waals surface area contributed by atoms with Crippen LogP contribution in [-0.4, -0.2) is 49.0 Å². The fourth-order valence-electron chi connectivity index (χ4n) is 6.43. The lowest BCUT2D eigenvalue weighted by molar-refractivity contribution is -0.137. The highest BCUT2D eigenvalue weighted by atomic mass is 19.4. The van der Waals surface area contributed by atoms with Crippen LogP contribution in [0, 0.1) is 22.7 Å². The molecule has 1 aliphatic carbocycles. The number of ether oxygens (including phenoxy) is 1. The molecule has 7 nitrogen and oxygen atoms in total. The van der Waals surface area contributed by atoms with Gasteiger partial charge in [0.2, 0.25) is 0 Å². The smallest absolute Gasteiger partial charge is 0.417 e. The van der Waals surface area contributed by atoms with E-state index in [1.54, 1.807) is 17.0 Å². The molecule has 0 radical (unpaired) electrons. The summed E-state index contributed by atoms with van der Waals surface area (Å²) in [5, 5.41) is 9.15. The number of benzene rings is 2. The van der Waals surface area contributed by atoms with Crippen molar-refractivity contribution in [3.63, 3.8) is 0 Å². The van der Waals surface area contributed by atoms with Crippen molar-refractivity contribution in [2.24, 2.45) is 16.3 Å². The van der Waals surface area contributed by atoms with E-state index in [0.29, 0.717) is 37.6 Å². The Bertz CT molecular complexity index is 1420. The Hall–Kier alpha value is -3.74. The zero-order valence-electron chi connectivity index (χ0n) is 24.6. The first kappa shape index (κ1) is 29.7. The first-order valence-electron chi connectivity index (χ1n) is 14.4. The number of piperidine rings is 1. The van der Waals surface area contributed by atoms with Crippen LogP contribution in [0.25, 0.3) is 0 Å². The molecule has 0 bridgehead atoms. The molecular formula is C32H38F3N5O2. The van der Waals surface area contributed by atoms with Crippen LogP contribution in [-0.2, 0) is 16.3 Å². The summed E-state index contributed by atoms with van der Waals surface area (Å²) in [6.45, 7) is 9.93. The number of anilines is 2. The first-order chi connectivity index (χ1) is 19.6. The quantitative estimate of drug-likeness (QED) is 0.308. The Morgan fingerprint density at radius 3 is 2.40 bits per heavy atom. The van der Waals surface area contributed by atoms with E-state index in [4.69, 9.17) is 15.7 Å². The maximum absolute atomic E-state index is 14.2. The molecular weight excluding hydrogens is 543 g/mol. The third-order valence-electron chi connectivity index (χ3n) is 8.86. The zero-order chi connectivity index (χ0) is 30.5. The van der Waals surface area contributed by atoms with E-state index in [0.717, 1.165) is 37.3 Å². The van der Waals surface area contributed by atoms with Crippen molar-refractivity contribution < 1.29 is 22.7 Å². The minimum atomic E-state index is -4.61. The summed E-state index contributed by atoms with van der Waals surface area (Å²) in [6.07, 6.45) is -0.696. The van der Waals surface area contributed by atoms with Crippen LogP contribution in [0.3, 0.4) is 0 Å². The van der Waals surface area contributed by atoms with Crippen LogP contribution in [0.5, 0.6) is 0 Å². The van der Waals surface area contributed by atoms with E-state index in [1.165, 1.54) is 6.21 Å². The van der Waals surface area contributed by atoms with E-state index in [2.05, 4.69) is 18.0 Å². The molecule has 5 rings (SSSR count). The Morgan fingerprint density at radius 1 is 1.14 bits per heavy atom. The summed E-state index contributed by atoms with van der Waals surface area (Å²) in [5.41, 5.74) is 6.52. The summed E-state index contributed by atoms with van der Waals surface area (Å²) in [7, 11) is 0. The van der Waals surface area contributed by atoms with Crippen molar-refractivity contribution in [2.75, 3.05) is 36.8 Å². The first-order valence-corrected chi connectivity index (χ1v) is 14.4. The second-order valence-electron chi connectivity index (χ2n) is 13.4. The van der Waals surface area contributed by atoms with Crippen molar-refractivity contribution in [3.8, 4) is 6.07 Å². The Labute approximate surface area is 245 Å². The van der Waals surface area contributed by atoms with E-state index >= 15 is 0 Å². The van der Waals surface area contributed by atoms with Crippen LogP contribution >= 0.6 is 0 Å². The van der Waals surface area contributed by atoms with Crippen molar-refractivity contribution in [3.05, 3.63) is 53.1 Å². The number of likely N-dealkylation sites (tertiary alicyclic amines) is 1. The number of alkyl halides is 3. The average Bonchev–Trinajstić information content (AvgIpc) is 2.87. The van der Waals surface area contributed by atoms with E-state index in [9.17, 15) is 18.0 Å². The number of nitrogens with two attached hydrogens (primary N) is 1. The number of aliphatic imine (C=N–C) groups is 1. The lowest BCUT2D eigenvalue weighted by atomic mass is 9.60. The van der Waals surface area contributed by atoms with Gasteiger partial charge in [0, 0.05) is 60.7 Å². The van der Waals surface area contributed by atoms with Gasteiger partial charge in [-0.3, -0.25) is 4.99 Å². The van der Waals surface area contributed by atoms with Gasteiger partial charge in [0.15, 0.2) is 0 Å². The summed E-state index contributed by atoms with van der Waals surface area (Å²) in [4.78, 5) is 20.4. The van der Waals surface area contributed by atoms with E-state index in [1.807, 2.05) is 43.9 Å². The molecule has 3 fully saturated rings. The number of rotatable bonds is 4. The molecule has 1 saturated carbocycles. The normalized spacial score (nSPS) is 23.8. The zero-order valence-corrected chi connectivity index (χ0v) is 24.6. The number of hydrogen-bond acceptors (Lipinski definition) is 6. The summed E-state index contributed by atoms with van der Waals surface area (Å²) in [6, 6.07) is 12.5. The molecule has 0 atom stereocenters. The second kappa shape index (κ2) is 10.5. The number of carbonyl (C=O) groups excluding carboxylic acids is 1. The van der Waals surface area contributed by atoms with Gasteiger partial charge < -0.3 is 20.3 Å². The molecule has 2 aliphatic heterocycles. The molecule has 1 amide bonds. The van der Waals surface area contributed by atoms with Crippen molar-refractivity contribution in [2.45, 2.75) is 70.6 Å². The highest BCUT2D eigenvalue weighted by molar-refractivity contribution is 5.92. The third-order valence-corrected chi connectivity index (χ3v) is 8.86. The minimum Gasteiger partial charge on any atom is -0.444 e. The molecule has 2 aromatic carbocycles. The topological polar surface area (TPSA) is 94.9 Å². The molecule has 2 N–H and O–H groups in total. The molecule has 2 heterocycles. The van der Waals surface area contributed by atoms with Gasteiger partial charge in [0.25, 0.3) is 0 Å². The van der Waals surface area contributed by atoms with Crippen LogP contribution in [0.4, 0.5) is 35.0 Å². The van der Waals surface area contributed by atoms with Gasteiger partial charge in [-0.2, -0.15) is 18.4 Å².